The number of aryl methyl sites for hydroxylation is 1. The van der Waals surface area contributed by atoms with Crippen molar-refractivity contribution in [2.75, 3.05) is 10.6 Å². The Balaban J connectivity index is 1.71. The van der Waals surface area contributed by atoms with Gasteiger partial charge in [-0.1, -0.05) is 32.0 Å². The fraction of sp³-hybridized carbons (Fsp3) is 0.160. The molecule has 0 spiro atoms. The van der Waals surface area contributed by atoms with Crippen LogP contribution in [0.4, 0.5) is 11.4 Å². The summed E-state index contributed by atoms with van der Waals surface area (Å²) in [5.74, 6) is -0.216. The van der Waals surface area contributed by atoms with Gasteiger partial charge in [0.15, 0.2) is 0 Å². The maximum atomic E-state index is 12.7. The second-order valence-electron chi connectivity index (χ2n) is 7.37. The first kappa shape index (κ1) is 20.8. The molecular formula is C25H23N3O2. The van der Waals surface area contributed by atoms with E-state index >= 15 is 0 Å². The lowest BCUT2D eigenvalue weighted by atomic mass is 9.98. The van der Waals surface area contributed by atoms with Crippen molar-refractivity contribution in [1.82, 2.24) is 0 Å². The van der Waals surface area contributed by atoms with Crippen molar-refractivity contribution in [2.45, 2.75) is 26.7 Å². The lowest BCUT2D eigenvalue weighted by molar-refractivity contribution is 0.101. The van der Waals surface area contributed by atoms with Crippen LogP contribution < -0.4 is 10.6 Å². The molecule has 0 fully saturated rings. The van der Waals surface area contributed by atoms with Crippen molar-refractivity contribution in [3.63, 3.8) is 0 Å². The SMILES string of the molecule is Cc1cccc(C(C)C)c1NC(=O)c1ccc(C(=O)Nc2ccc(C#N)cc2)cc1. The summed E-state index contributed by atoms with van der Waals surface area (Å²) in [4.78, 5) is 25.2. The van der Waals surface area contributed by atoms with Gasteiger partial charge in [-0.05, 0) is 72.5 Å². The molecule has 3 aromatic carbocycles. The second-order valence-corrected chi connectivity index (χ2v) is 7.37. The van der Waals surface area contributed by atoms with Gasteiger partial charge in [0.25, 0.3) is 11.8 Å². The Kier molecular flexibility index (Phi) is 6.29. The third-order valence-corrected chi connectivity index (χ3v) is 4.85. The molecule has 0 saturated heterocycles. The molecule has 2 N–H and O–H groups in total. The maximum Gasteiger partial charge on any atom is 0.255 e. The number of amides is 2. The molecule has 0 aliphatic heterocycles. The number of rotatable bonds is 5. The fourth-order valence-electron chi connectivity index (χ4n) is 3.13. The molecule has 0 unspecified atom stereocenters. The topological polar surface area (TPSA) is 82.0 Å². The standard InChI is InChI=1S/C25H23N3O2/c1-16(2)22-6-4-5-17(3)23(22)28-25(30)20-11-9-19(10-12-20)24(29)27-21-13-7-18(15-26)8-14-21/h4-14,16H,1-3H3,(H,27,29)(H,28,30). The van der Waals surface area contributed by atoms with Crippen LogP contribution in [0.3, 0.4) is 0 Å². The number of para-hydroxylation sites is 1. The molecule has 0 saturated carbocycles. The van der Waals surface area contributed by atoms with Crippen LogP contribution in [0.25, 0.3) is 0 Å². The van der Waals surface area contributed by atoms with E-state index in [0.717, 1.165) is 16.8 Å². The van der Waals surface area contributed by atoms with Crippen LogP contribution in [-0.2, 0) is 0 Å². The van der Waals surface area contributed by atoms with Crippen molar-refractivity contribution in [1.29, 1.82) is 5.26 Å². The average Bonchev–Trinajstić information content (AvgIpc) is 2.75. The number of hydrogen-bond acceptors (Lipinski definition) is 3. The van der Waals surface area contributed by atoms with Gasteiger partial charge in [-0.2, -0.15) is 5.26 Å². The number of anilines is 2. The van der Waals surface area contributed by atoms with Crippen LogP contribution in [0.2, 0.25) is 0 Å². The number of carbonyl (C=O) groups is 2. The smallest absolute Gasteiger partial charge is 0.255 e. The average molecular weight is 397 g/mol. The Morgan fingerprint density at radius 2 is 1.40 bits per heavy atom. The predicted molar refractivity (Wildman–Crippen MR) is 119 cm³/mol. The van der Waals surface area contributed by atoms with Gasteiger partial charge in [0, 0.05) is 22.5 Å². The molecule has 5 nitrogen and oxygen atoms in total. The first-order chi connectivity index (χ1) is 14.4. The minimum atomic E-state index is -0.285. The third-order valence-electron chi connectivity index (χ3n) is 4.85. The predicted octanol–water partition coefficient (Wildman–Crippen LogP) is 5.49. The van der Waals surface area contributed by atoms with Crippen molar-refractivity contribution in [3.8, 4) is 6.07 Å². The normalized spacial score (nSPS) is 10.4. The monoisotopic (exact) mass is 397 g/mol. The Morgan fingerprint density at radius 3 is 1.93 bits per heavy atom. The zero-order valence-corrected chi connectivity index (χ0v) is 17.2. The van der Waals surface area contributed by atoms with Crippen LogP contribution in [0.1, 0.15) is 57.2 Å². The molecule has 150 valence electrons. The molecule has 0 bridgehead atoms. The molecule has 0 radical (unpaired) electrons. The summed E-state index contributed by atoms with van der Waals surface area (Å²) in [6.45, 7) is 6.15. The van der Waals surface area contributed by atoms with Gasteiger partial charge in [0.2, 0.25) is 0 Å². The van der Waals surface area contributed by atoms with Crippen molar-refractivity contribution >= 4 is 23.2 Å². The third kappa shape index (κ3) is 4.73. The highest BCUT2D eigenvalue weighted by Crippen LogP contribution is 2.28. The summed E-state index contributed by atoms with van der Waals surface area (Å²) in [6, 6.07) is 21.1. The van der Waals surface area contributed by atoms with Gasteiger partial charge in [-0.15, -0.1) is 0 Å². The van der Waals surface area contributed by atoms with Crippen molar-refractivity contribution in [2.24, 2.45) is 0 Å². The Bertz CT molecular complexity index is 1110. The number of nitriles is 1. The van der Waals surface area contributed by atoms with Crippen LogP contribution in [0.5, 0.6) is 0 Å². The fourth-order valence-corrected chi connectivity index (χ4v) is 3.13. The highest BCUT2D eigenvalue weighted by Gasteiger charge is 2.14. The summed E-state index contributed by atoms with van der Waals surface area (Å²) in [6.07, 6.45) is 0. The first-order valence-electron chi connectivity index (χ1n) is 9.71. The van der Waals surface area contributed by atoms with Gasteiger partial charge < -0.3 is 10.6 Å². The molecule has 0 aliphatic carbocycles. The minimum Gasteiger partial charge on any atom is -0.322 e. The van der Waals surface area contributed by atoms with Gasteiger partial charge in [-0.25, -0.2) is 0 Å². The molecule has 0 aromatic heterocycles. The lowest BCUT2D eigenvalue weighted by Crippen LogP contribution is -2.16. The summed E-state index contributed by atoms with van der Waals surface area (Å²) in [5, 5.41) is 14.6. The van der Waals surface area contributed by atoms with Crippen LogP contribution in [-0.4, -0.2) is 11.8 Å². The summed E-state index contributed by atoms with van der Waals surface area (Å²) in [5.41, 5.74) is 4.96. The molecule has 0 atom stereocenters. The Labute approximate surface area is 176 Å². The quantitative estimate of drug-likeness (QED) is 0.597. The number of nitrogens with one attached hydrogen (secondary N) is 2. The minimum absolute atomic E-state index is 0.217. The molecule has 30 heavy (non-hydrogen) atoms. The van der Waals surface area contributed by atoms with E-state index in [9.17, 15) is 9.59 Å². The highest BCUT2D eigenvalue weighted by molar-refractivity contribution is 6.07. The van der Waals surface area contributed by atoms with E-state index in [1.165, 1.54) is 0 Å². The van der Waals surface area contributed by atoms with Gasteiger partial charge in [-0.3, -0.25) is 9.59 Å². The molecule has 3 aromatic rings. The molecule has 0 aliphatic rings. The molecular weight excluding hydrogens is 374 g/mol. The summed E-state index contributed by atoms with van der Waals surface area (Å²) >= 11 is 0. The first-order valence-corrected chi connectivity index (χ1v) is 9.71. The maximum absolute atomic E-state index is 12.7. The second kappa shape index (κ2) is 9.06. The number of carbonyl (C=O) groups excluding carboxylic acids is 2. The van der Waals surface area contributed by atoms with Gasteiger partial charge in [0.05, 0.1) is 11.6 Å². The molecule has 3 rings (SSSR count). The molecule has 0 heterocycles. The highest BCUT2D eigenvalue weighted by atomic mass is 16.2. The van der Waals surface area contributed by atoms with Gasteiger partial charge >= 0.3 is 0 Å². The van der Waals surface area contributed by atoms with E-state index in [4.69, 9.17) is 5.26 Å². The summed E-state index contributed by atoms with van der Waals surface area (Å²) < 4.78 is 0. The van der Waals surface area contributed by atoms with Crippen molar-refractivity contribution < 1.29 is 9.59 Å². The zero-order chi connectivity index (χ0) is 21.7. The van der Waals surface area contributed by atoms with Crippen LogP contribution in [0, 0.1) is 18.3 Å². The van der Waals surface area contributed by atoms with E-state index in [1.54, 1.807) is 48.5 Å². The van der Waals surface area contributed by atoms with E-state index < -0.39 is 0 Å². The van der Waals surface area contributed by atoms with E-state index in [1.807, 2.05) is 31.2 Å². The lowest BCUT2D eigenvalue weighted by Gasteiger charge is -2.16. The number of benzene rings is 3. The van der Waals surface area contributed by atoms with Crippen molar-refractivity contribution in [3.05, 3.63) is 94.5 Å². The van der Waals surface area contributed by atoms with Crippen LogP contribution >= 0.6 is 0 Å². The zero-order valence-electron chi connectivity index (χ0n) is 17.2. The van der Waals surface area contributed by atoms with E-state index in [-0.39, 0.29) is 17.7 Å². The number of hydrogen-bond donors (Lipinski definition) is 2. The molecule has 5 heteroatoms. The van der Waals surface area contributed by atoms with E-state index in [2.05, 4.69) is 24.5 Å². The largest absolute Gasteiger partial charge is 0.322 e. The van der Waals surface area contributed by atoms with E-state index in [0.29, 0.717) is 22.4 Å². The Morgan fingerprint density at radius 1 is 0.833 bits per heavy atom. The summed E-state index contributed by atoms with van der Waals surface area (Å²) in [7, 11) is 0. The number of nitrogens with zero attached hydrogens (tertiary/aromatic N) is 1. The molecule has 2 amide bonds. The van der Waals surface area contributed by atoms with Gasteiger partial charge in [0.1, 0.15) is 0 Å². The Hall–Kier alpha value is -3.91. The van der Waals surface area contributed by atoms with Crippen LogP contribution in [0.15, 0.2) is 66.7 Å².